The van der Waals surface area contributed by atoms with Crippen LogP contribution in [-0.2, 0) is 14.8 Å². The SMILES string of the molecule is CCN(c1ccccc1N)S(=O)(=O)CCOC. The van der Waals surface area contributed by atoms with Gasteiger partial charge in [-0.15, -0.1) is 0 Å². The molecule has 5 nitrogen and oxygen atoms in total. The molecule has 0 spiro atoms. The maximum atomic E-state index is 12.1. The van der Waals surface area contributed by atoms with Crippen LogP contribution >= 0.6 is 0 Å². The molecule has 96 valence electrons. The lowest BCUT2D eigenvalue weighted by atomic mass is 10.3. The van der Waals surface area contributed by atoms with Crippen molar-refractivity contribution in [2.75, 3.05) is 36.1 Å². The zero-order chi connectivity index (χ0) is 12.9. The molecule has 0 aromatic heterocycles. The molecular weight excluding hydrogens is 240 g/mol. The Morgan fingerprint density at radius 1 is 1.35 bits per heavy atom. The van der Waals surface area contributed by atoms with E-state index in [4.69, 9.17) is 10.5 Å². The average Bonchev–Trinajstić information content (AvgIpc) is 2.30. The number of para-hydroxylation sites is 2. The first-order valence-electron chi connectivity index (χ1n) is 5.36. The van der Waals surface area contributed by atoms with Gasteiger partial charge < -0.3 is 10.5 Å². The van der Waals surface area contributed by atoms with Crippen LogP contribution in [0.4, 0.5) is 11.4 Å². The van der Waals surface area contributed by atoms with Gasteiger partial charge in [-0.05, 0) is 19.1 Å². The summed E-state index contributed by atoms with van der Waals surface area (Å²) in [6, 6.07) is 6.92. The minimum atomic E-state index is -3.38. The highest BCUT2D eigenvalue weighted by molar-refractivity contribution is 7.92. The van der Waals surface area contributed by atoms with Gasteiger partial charge in [-0.3, -0.25) is 4.31 Å². The van der Waals surface area contributed by atoms with Gasteiger partial charge in [0.25, 0.3) is 0 Å². The first kappa shape index (κ1) is 13.8. The summed E-state index contributed by atoms with van der Waals surface area (Å²) in [6.07, 6.45) is 0. The second-order valence-electron chi connectivity index (χ2n) is 3.53. The van der Waals surface area contributed by atoms with Crippen molar-refractivity contribution in [3.05, 3.63) is 24.3 Å². The van der Waals surface area contributed by atoms with Gasteiger partial charge in [0, 0.05) is 13.7 Å². The van der Waals surface area contributed by atoms with E-state index in [1.165, 1.54) is 11.4 Å². The molecule has 0 aliphatic rings. The van der Waals surface area contributed by atoms with E-state index in [2.05, 4.69) is 0 Å². The quantitative estimate of drug-likeness (QED) is 0.775. The van der Waals surface area contributed by atoms with E-state index in [1.807, 2.05) is 0 Å². The van der Waals surface area contributed by atoms with E-state index in [0.717, 1.165) is 0 Å². The second-order valence-corrected chi connectivity index (χ2v) is 5.55. The van der Waals surface area contributed by atoms with Gasteiger partial charge >= 0.3 is 0 Å². The summed E-state index contributed by atoms with van der Waals surface area (Å²) in [5.74, 6) is -0.0499. The number of nitrogens with zero attached hydrogens (tertiary/aromatic N) is 1. The van der Waals surface area contributed by atoms with E-state index in [9.17, 15) is 8.42 Å². The Morgan fingerprint density at radius 3 is 2.53 bits per heavy atom. The Morgan fingerprint density at radius 2 is 2.00 bits per heavy atom. The van der Waals surface area contributed by atoms with E-state index in [0.29, 0.717) is 17.9 Å². The Balaban J connectivity index is 3.04. The third-order valence-electron chi connectivity index (χ3n) is 2.37. The van der Waals surface area contributed by atoms with Crippen molar-refractivity contribution in [3.8, 4) is 0 Å². The molecule has 0 amide bonds. The molecule has 17 heavy (non-hydrogen) atoms. The summed E-state index contributed by atoms with van der Waals surface area (Å²) < 4.78 is 30.2. The van der Waals surface area contributed by atoms with Crippen molar-refractivity contribution in [2.45, 2.75) is 6.92 Å². The number of rotatable bonds is 6. The van der Waals surface area contributed by atoms with Gasteiger partial charge in [-0.25, -0.2) is 8.42 Å². The van der Waals surface area contributed by atoms with Crippen LogP contribution in [0.25, 0.3) is 0 Å². The molecule has 1 rings (SSSR count). The molecule has 0 heterocycles. The summed E-state index contributed by atoms with van der Waals surface area (Å²) in [7, 11) is -1.91. The molecule has 1 aromatic rings. The fourth-order valence-corrected chi connectivity index (χ4v) is 2.99. The fourth-order valence-electron chi connectivity index (χ4n) is 1.53. The monoisotopic (exact) mass is 258 g/mol. The standard InChI is InChI=1S/C11H18N2O3S/c1-3-13(17(14,15)9-8-16-2)11-7-5-4-6-10(11)12/h4-7H,3,8-9,12H2,1-2H3. The second kappa shape index (κ2) is 5.88. The largest absolute Gasteiger partial charge is 0.397 e. The van der Waals surface area contributed by atoms with E-state index in [-0.39, 0.29) is 12.4 Å². The molecule has 0 fully saturated rings. The van der Waals surface area contributed by atoms with Crippen molar-refractivity contribution in [2.24, 2.45) is 0 Å². The Hall–Kier alpha value is -1.27. The lowest BCUT2D eigenvalue weighted by Crippen LogP contribution is -2.34. The number of benzene rings is 1. The van der Waals surface area contributed by atoms with Crippen molar-refractivity contribution >= 4 is 21.4 Å². The number of methoxy groups -OCH3 is 1. The zero-order valence-electron chi connectivity index (χ0n) is 10.1. The minimum absolute atomic E-state index is 0.0499. The highest BCUT2D eigenvalue weighted by Gasteiger charge is 2.21. The number of nitrogens with two attached hydrogens (primary N) is 1. The van der Waals surface area contributed by atoms with Crippen LogP contribution in [0, 0.1) is 0 Å². The first-order valence-corrected chi connectivity index (χ1v) is 6.97. The molecule has 0 bridgehead atoms. The van der Waals surface area contributed by atoms with Gasteiger partial charge in [0.15, 0.2) is 0 Å². The molecule has 0 saturated heterocycles. The maximum Gasteiger partial charge on any atom is 0.237 e. The smallest absolute Gasteiger partial charge is 0.237 e. The van der Waals surface area contributed by atoms with Crippen LogP contribution in [0.3, 0.4) is 0 Å². The lowest BCUT2D eigenvalue weighted by Gasteiger charge is -2.23. The highest BCUT2D eigenvalue weighted by atomic mass is 32.2. The van der Waals surface area contributed by atoms with Crippen LogP contribution in [0.2, 0.25) is 0 Å². The Labute approximate surface area is 102 Å². The summed E-state index contributed by atoms with van der Waals surface area (Å²) in [4.78, 5) is 0. The Bertz CT molecular complexity index is 460. The van der Waals surface area contributed by atoms with Gasteiger partial charge in [-0.2, -0.15) is 0 Å². The van der Waals surface area contributed by atoms with Crippen LogP contribution < -0.4 is 10.0 Å². The predicted molar refractivity (Wildman–Crippen MR) is 69.5 cm³/mol. The number of hydrogen-bond acceptors (Lipinski definition) is 4. The molecule has 0 radical (unpaired) electrons. The van der Waals surface area contributed by atoms with E-state index >= 15 is 0 Å². The van der Waals surface area contributed by atoms with Crippen LogP contribution in [0.5, 0.6) is 0 Å². The lowest BCUT2D eigenvalue weighted by molar-refractivity contribution is 0.217. The van der Waals surface area contributed by atoms with Gasteiger partial charge in [0.05, 0.1) is 23.7 Å². The van der Waals surface area contributed by atoms with Gasteiger partial charge in [0.1, 0.15) is 0 Å². The summed E-state index contributed by atoms with van der Waals surface area (Å²) in [5.41, 5.74) is 6.76. The molecular formula is C11H18N2O3S. The third kappa shape index (κ3) is 3.34. The van der Waals surface area contributed by atoms with Crippen LogP contribution in [0.1, 0.15) is 6.92 Å². The summed E-state index contributed by atoms with van der Waals surface area (Å²) in [5, 5.41) is 0. The molecule has 0 aliphatic heterocycles. The van der Waals surface area contributed by atoms with Crippen molar-refractivity contribution in [3.63, 3.8) is 0 Å². The van der Waals surface area contributed by atoms with Crippen molar-refractivity contribution in [1.82, 2.24) is 0 Å². The molecule has 0 atom stereocenters. The van der Waals surface area contributed by atoms with Crippen LogP contribution in [-0.4, -0.2) is 34.4 Å². The molecule has 0 saturated carbocycles. The Kier molecular flexibility index (Phi) is 4.77. The molecule has 2 N–H and O–H groups in total. The zero-order valence-corrected chi connectivity index (χ0v) is 10.9. The van der Waals surface area contributed by atoms with Gasteiger partial charge in [-0.1, -0.05) is 12.1 Å². The van der Waals surface area contributed by atoms with Crippen molar-refractivity contribution < 1.29 is 13.2 Å². The average molecular weight is 258 g/mol. The summed E-state index contributed by atoms with van der Waals surface area (Å²) in [6.45, 7) is 2.29. The minimum Gasteiger partial charge on any atom is -0.397 e. The number of ether oxygens (including phenoxy) is 1. The molecule has 1 aromatic carbocycles. The number of hydrogen-bond donors (Lipinski definition) is 1. The molecule has 0 aliphatic carbocycles. The third-order valence-corrected chi connectivity index (χ3v) is 4.18. The number of nitrogen functional groups attached to an aromatic ring is 1. The first-order chi connectivity index (χ1) is 8.03. The maximum absolute atomic E-state index is 12.1. The van der Waals surface area contributed by atoms with E-state index in [1.54, 1.807) is 31.2 Å². The van der Waals surface area contributed by atoms with Gasteiger partial charge in [0.2, 0.25) is 10.0 Å². The molecule has 0 unspecified atom stereocenters. The van der Waals surface area contributed by atoms with Crippen LogP contribution in [0.15, 0.2) is 24.3 Å². The highest BCUT2D eigenvalue weighted by Crippen LogP contribution is 2.24. The summed E-state index contributed by atoms with van der Waals surface area (Å²) >= 11 is 0. The number of anilines is 2. The molecule has 6 heteroatoms. The van der Waals surface area contributed by atoms with E-state index < -0.39 is 10.0 Å². The van der Waals surface area contributed by atoms with Crippen molar-refractivity contribution in [1.29, 1.82) is 0 Å². The normalized spacial score (nSPS) is 11.4. The number of sulfonamides is 1. The fraction of sp³-hybridized carbons (Fsp3) is 0.455. The predicted octanol–water partition coefficient (Wildman–Crippen LogP) is 1.07. The topological polar surface area (TPSA) is 72.6 Å².